The fourth-order valence-electron chi connectivity index (χ4n) is 3.32. The van der Waals surface area contributed by atoms with Gasteiger partial charge < -0.3 is 14.5 Å². The van der Waals surface area contributed by atoms with Crippen LogP contribution in [0.4, 0.5) is 0 Å². The van der Waals surface area contributed by atoms with E-state index in [4.69, 9.17) is 14.3 Å². The Bertz CT molecular complexity index is 1160. The van der Waals surface area contributed by atoms with Crippen LogP contribution in [0.3, 0.4) is 0 Å². The fourth-order valence-corrected chi connectivity index (χ4v) is 3.32. The van der Waals surface area contributed by atoms with Crippen molar-refractivity contribution in [3.05, 3.63) is 90.0 Å². The normalized spacial score (nSPS) is 11.8. The van der Waals surface area contributed by atoms with E-state index < -0.39 is 0 Å². The second-order valence-electron chi connectivity index (χ2n) is 7.02. The SMILES string of the molecule is COc1ccccc1-c1nn(-c2ccccc2)cc1C(=O)NC(C)c1ccc(C)o1. The number of ether oxygens (including phenoxy) is 1. The molecule has 0 radical (unpaired) electrons. The Labute approximate surface area is 175 Å². The number of hydrogen-bond acceptors (Lipinski definition) is 4. The van der Waals surface area contributed by atoms with E-state index in [1.54, 1.807) is 18.0 Å². The van der Waals surface area contributed by atoms with Crippen molar-refractivity contribution in [3.63, 3.8) is 0 Å². The van der Waals surface area contributed by atoms with E-state index in [1.165, 1.54) is 0 Å². The van der Waals surface area contributed by atoms with Gasteiger partial charge in [-0.05, 0) is 50.2 Å². The van der Waals surface area contributed by atoms with E-state index in [-0.39, 0.29) is 11.9 Å². The molecule has 6 nitrogen and oxygen atoms in total. The van der Waals surface area contributed by atoms with E-state index >= 15 is 0 Å². The van der Waals surface area contributed by atoms with E-state index in [9.17, 15) is 4.79 Å². The lowest BCUT2D eigenvalue weighted by molar-refractivity contribution is 0.0935. The zero-order valence-electron chi connectivity index (χ0n) is 17.1. The summed E-state index contributed by atoms with van der Waals surface area (Å²) in [5.74, 6) is 1.92. The number of methoxy groups -OCH3 is 1. The number of amides is 1. The minimum absolute atomic E-state index is 0.236. The fraction of sp³-hybridized carbons (Fsp3) is 0.167. The molecule has 2 heterocycles. The first-order chi connectivity index (χ1) is 14.6. The number of para-hydroxylation sites is 2. The lowest BCUT2D eigenvalue weighted by Gasteiger charge is -2.12. The zero-order valence-corrected chi connectivity index (χ0v) is 17.1. The zero-order chi connectivity index (χ0) is 21.1. The topological polar surface area (TPSA) is 69.3 Å². The highest BCUT2D eigenvalue weighted by Gasteiger charge is 2.23. The molecular formula is C24H23N3O3. The van der Waals surface area contributed by atoms with Crippen molar-refractivity contribution in [2.45, 2.75) is 19.9 Å². The molecule has 0 aliphatic rings. The number of benzene rings is 2. The summed E-state index contributed by atoms with van der Waals surface area (Å²) in [5.41, 5.74) is 2.62. The van der Waals surface area contributed by atoms with Gasteiger partial charge in [0.2, 0.25) is 0 Å². The van der Waals surface area contributed by atoms with Crippen LogP contribution in [0.25, 0.3) is 16.9 Å². The maximum Gasteiger partial charge on any atom is 0.255 e. The Morgan fingerprint density at radius 2 is 1.80 bits per heavy atom. The van der Waals surface area contributed by atoms with Crippen LogP contribution in [0.2, 0.25) is 0 Å². The number of rotatable bonds is 6. The van der Waals surface area contributed by atoms with Gasteiger partial charge in [-0.3, -0.25) is 4.79 Å². The van der Waals surface area contributed by atoms with Gasteiger partial charge in [0.15, 0.2) is 0 Å². The molecular weight excluding hydrogens is 378 g/mol. The van der Waals surface area contributed by atoms with E-state index in [0.717, 1.165) is 17.0 Å². The highest BCUT2D eigenvalue weighted by atomic mass is 16.5. The van der Waals surface area contributed by atoms with Crippen LogP contribution in [0.1, 0.15) is 34.8 Å². The second kappa shape index (κ2) is 8.29. The molecule has 6 heteroatoms. The molecule has 4 aromatic rings. The standard InChI is InChI=1S/C24H23N3O3/c1-16-13-14-21(30-16)17(2)25-24(28)20-15-27(18-9-5-4-6-10-18)26-23(20)19-11-7-8-12-22(19)29-3/h4-15,17H,1-3H3,(H,25,28). The first-order valence-electron chi connectivity index (χ1n) is 9.72. The monoisotopic (exact) mass is 401 g/mol. The molecule has 1 atom stereocenters. The predicted molar refractivity (Wildman–Crippen MR) is 115 cm³/mol. The van der Waals surface area contributed by atoms with Gasteiger partial charge >= 0.3 is 0 Å². The van der Waals surface area contributed by atoms with Gasteiger partial charge in [0.05, 0.1) is 24.4 Å². The quantitative estimate of drug-likeness (QED) is 0.497. The molecule has 4 rings (SSSR count). The molecule has 30 heavy (non-hydrogen) atoms. The third kappa shape index (κ3) is 3.85. The van der Waals surface area contributed by atoms with Gasteiger partial charge in [-0.1, -0.05) is 30.3 Å². The molecule has 152 valence electrons. The number of carbonyl (C=O) groups is 1. The molecule has 0 aliphatic heterocycles. The summed E-state index contributed by atoms with van der Waals surface area (Å²) in [7, 11) is 1.61. The Kier molecular flexibility index (Phi) is 5.39. The summed E-state index contributed by atoms with van der Waals surface area (Å²) in [4.78, 5) is 13.2. The predicted octanol–water partition coefficient (Wildman–Crippen LogP) is 4.94. The smallest absolute Gasteiger partial charge is 0.255 e. The first kappa shape index (κ1) is 19.5. The van der Waals surface area contributed by atoms with Crippen molar-refractivity contribution in [1.82, 2.24) is 15.1 Å². The van der Waals surface area contributed by atoms with Gasteiger partial charge in [-0.15, -0.1) is 0 Å². The third-order valence-corrected chi connectivity index (χ3v) is 4.88. The third-order valence-electron chi connectivity index (χ3n) is 4.88. The van der Waals surface area contributed by atoms with Gasteiger partial charge in [-0.25, -0.2) is 4.68 Å². The Hall–Kier alpha value is -3.80. The molecule has 0 saturated carbocycles. The van der Waals surface area contributed by atoms with Gasteiger partial charge in [0.25, 0.3) is 5.91 Å². The van der Waals surface area contributed by atoms with E-state index in [1.807, 2.05) is 80.6 Å². The number of aryl methyl sites for hydroxylation is 1. The van der Waals surface area contributed by atoms with Crippen molar-refractivity contribution in [2.75, 3.05) is 7.11 Å². The summed E-state index contributed by atoms with van der Waals surface area (Å²) >= 11 is 0. The Balaban J connectivity index is 1.75. The highest BCUT2D eigenvalue weighted by molar-refractivity contribution is 6.00. The number of carbonyl (C=O) groups excluding carboxylic acids is 1. The lowest BCUT2D eigenvalue weighted by atomic mass is 10.1. The summed E-state index contributed by atoms with van der Waals surface area (Å²) in [6.07, 6.45) is 1.74. The van der Waals surface area contributed by atoms with Crippen molar-refractivity contribution in [3.8, 4) is 22.7 Å². The summed E-state index contributed by atoms with van der Waals surface area (Å²) in [6.45, 7) is 3.77. The molecule has 0 spiro atoms. The molecule has 2 aromatic carbocycles. The molecule has 0 bridgehead atoms. The molecule has 1 amide bonds. The minimum atomic E-state index is -0.281. The van der Waals surface area contributed by atoms with Crippen LogP contribution < -0.4 is 10.1 Å². The van der Waals surface area contributed by atoms with Gasteiger partial charge in [-0.2, -0.15) is 5.10 Å². The molecule has 2 aromatic heterocycles. The first-order valence-corrected chi connectivity index (χ1v) is 9.72. The van der Waals surface area contributed by atoms with Crippen LogP contribution in [0, 0.1) is 6.92 Å². The van der Waals surface area contributed by atoms with E-state index in [0.29, 0.717) is 22.8 Å². The number of nitrogens with zero attached hydrogens (tertiary/aromatic N) is 2. The van der Waals surface area contributed by atoms with Crippen LogP contribution in [-0.2, 0) is 0 Å². The molecule has 0 saturated heterocycles. The summed E-state index contributed by atoms with van der Waals surface area (Å²) in [5, 5.41) is 7.73. The maximum atomic E-state index is 13.2. The van der Waals surface area contributed by atoms with Crippen molar-refractivity contribution < 1.29 is 13.9 Å². The molecule has 1 unspecified atom stereocenters. The Morgan fingerprint density at radius 1 is 1.07 bits per heavy atom. The van der Waals surface area contributed by atoms with Crippen LogP contribution in [0.15, 0.2) is 77.3 Å². The second-order valence-corrected chi connectivity index (χ2v) is 7.02. The number of nitrogens with one attached hydrogen (secondary N) is 1. The van der Waals surface area contributed by atoms with Crippen LogP contribution >= 0.6 is 0 Å². The molecule has 0 aliphatic carbocycles. The molecule has 1 N–H and O–H groups in total. The number of hydrogen-bond donors (Lipinski definition) is 1. The highest BCUT2D eigenvalue weighted by Crippen LogP contribution is 2.32. The van der Waals surface area contributed by atoms with Crippen LogP contribution in [0.5, 0.6) is 5.75 Å². The van der Waals surface area contributed by atoms with E-state index in [2.05, 4.69) is 5.32 Å². The summed E-state index contributed by atoms with van der Waals surface area (Å²) < 4.78 is 12.9. The minimum Gasteiger partial charge on any atom is -0.496 e. The van der Waals surface area contributed by atoms with Crippen molar-refractivity contribution in [2.24, 2.45) is 0 Å². The Morgan fingerprint density at radius 3 is 2.50 bits per heavy atom. The maximum absolute atomic E-state index is 13.2. The molecule has 0 fully saturated rings. The van der Waals surface area contributed by atoms with Crippen molar-refractivity contribution >= 4 is 5.91 Å². The summed E-state index contributed by atoms with van der Waals surface area (Å²) in [6, 6.07) is 20.7. The van der Waals surface area contributed by atoms with Crippen molar-refractivity contribution in [1.29, 1.82) is 0 Å². The largest absolute Gasteiger partial charge is 0.496 e. The van der Waals surface area contributed by atoms with Crippen LogP contribution in [-0.4, -0.2) is 22.8 Å². The van der Waals surface area contributed by atoms with Gasteiger partial charge in [0, 0.05) is 11.8 Å². The lowest BCUT2D eigenvalue weighted by Crippen LogP contribution is -2.26. The van der Waals surface area contributed by atoms with Gasteiger partial charge in [0.1, 0.15) is 23.0 Å². The average Bonchev–Trinajstić information content (AvgIpc) is 3.41. The average molecular weight is 401 g/mol. The number of furan rings is 1. The number of aromatic nitrogens is 2.